The summed E-state index contributed by atoms with van der Waals surface area (Å²) < 4.78 is 32.0. The predicted molar refractivity (Wildman–Crippen MR) is 70.7 cm³/mol. The van der Waals surface area contributed by atoms with Gasteiger partial charge in [0.05, 0.1) is 29.0 Å². The molecule has 0 aliphatic rings. The van der Waals surface area contributed by atoms with Crippen molar-refractivity contribution in [3.63, 3.8) is 0 Å². The van der Waals surface area contributed by atoms with E-state index in [9.17, 15) is 8.42 Å². The van der Waals surface area contributed by atoms with Crippen molar-refractivity contribution in [3.05, 3.63) is 22.7 Å². The largest absolute Gasteiger partial charge is 0.496 e. The van der Waals surface area contributed by atoms with Crippen molar-refractivity contribution in [1.29, 1.82) is 5.26 Å². The molecule has 0 bridgehead atoms. The fourth-order valence-electron chi connectivity index (χ4n) is 1.33. The second-order valence-corrected chi connectivity index (χ2v) is 6.25. The van der Waals surface area contributed by atoms with Crippen LogP contribution in [0.3, 0.4) is 0 Å². The highest BCUT2D eigenvalue weighted by atomic mass is 79.9. The fraction of sp³-hybridized carbons (Fsp3) is 0.364. The second kappa shape index (κ2) is 6.18. The first-order valence-corrected chi connectivity index (χ1v) is 7.41. The first kappa shape index (κ1) is 15.0. The molecule has 0 radical (unpaired) electrons. The van der Waals surface area contributed by atoms with Crippen molar-refractivity contribution < 1.29 is 13.2 Å². The van der Waals surface area contributed by atoms with Gasteiger partial charge in [-0.1, -0.05) is 0 Å². The van der Waals surface area contributed by atoms with Gasteiger partial charge in [-0.15, -0.1) is 0 Å². The number of ether oxygens (including phenoxy) is 1. The lowest BCUT2D eigenvalue weighted by molar-refractivity contribution is 0.411. The molecule has 7 heteroatoms. The van der Waals surface area contributed by atoms with Crippen molar-refractivity contribution in [2.24, 2.45) is 0 Å². The SMILES string of the molecule is COc1ccc(S(=O)(=O)NC(C)CC#N)cc1Br. The third-order valence-electron chi connectivity index (χ3n) is 2.19. The van der Waals surface area contributed by atoms with E-state index < -0.39 is 16.1 Å². The summed E-state index contributed by atoms with van der Waals surface area (Å²) in [6.07, 6.45) is 0.122. The van der Waals surface area contributed by atoms with E-state index in [1.165, 1.54) is 19.2 Å². The molecular weight excluding hydrogens is 320 g/mol. The number of sulfonamides is 1. The van der Waals surface area contributed by atoms with Crippen LogP contribution in [-0.2, 0) is 10.0 Å². The van der Waals surface area contributed by atoms with Gasteiger partial charge in [0.2, 0.25) is 10.0 Å². The highest BCUT2D eigenvalue weighted by Gasteiger charge is 2.18. The molecule has 1 unspecified atom stereocenters. The molecule has 0 fully saturated rings. The summed E-state index contributed by atoms with van der Waals surface area (Å²) in [5.74, 6) is 0.555. The first-order valence-electron chi connectivity index (χ1n) is 5.13. The Morgan fingerprint density at radius 3 is 2.72 bits per heavy atom. The van der Waals surface area contributed by atoms with Crippen LogP contribution in [-0.4, -0.2) is 21.6 Å². The van der Waals surface area contributed by atoms with Gasteiger partial charge in [-0.25, -0.2) is 13.1 Å². The van der Waals surface area contributed by atoms with Crippen molar-refractivity contribution >= 4 is 26.0 Å². The molecule has 0 aromatic heterocycles. The molecular formula is C11H13BrN2O3S. The predicted octanol–water partition coefficient (Wildman–Crippen LogP) is 2.04. The molecule has 1 aromatic rings. The van der Waals surface area contributed by atoms with Crippen molar-refractivity contribution in [2.45, 2.75) is 24.3 Å². The van der Waals surface area contributed by atoms with Gasteiger partial charge in [-0.3, -0.25) is 0 Å². The minimum atomic E-state index is -3.62. The van der Waals surface area contributed by atoms with E-state index in [1.807, 2.05) is 6.07 Å². The maximum Gasteiger partial charge on any atom is 0.240 e. The molecule has 1 N–H and O–H groups in total. The molecule has 18 heavy (non-hydrogen) atoms. The number of hydrogen-bond acceptors (Lipinski definition) is 4. The summed E-state index contributed by atoms with van der Waals surface area (Å²) >= 11 is 3.23. The zero-order valence-electron chi connectivity index (χ0n) is 9.97. The molecule has 0 saturated carbocycles. The van der Waals surface area contributed by atoms with Gasteiger partial charge in [0.15, 0.2) is 0 Å². The quantitative estimate of drug-likeness (QED) is 0.894. The molecule has 98 valence electrons. The van der Waals surface area contributed by atoms with E-state index in [-0.39, 0.29) is 11.3 Å². The number of rotatable bonds is 5. The van der Waals surface area contributed by atoms with E-state index in [1.54, 1.807) is 13.0 Å². The lowest BCUT2D eigenvalue weighted by Gasteiger charge is -2.12. The van der Waals surface area contributed by atoms with Gasteiger partial charge in [-0.05, 0) is 41.1 Å². The molecule has 5 nitrogen and oxygen atoms in total. The zero-order valence-corrected chi connectivity index (χ0v) is 12.4. The monoisotopic (exact) mass is 332 g/mol. The van der Waals surface area contributed by atoms with Crippen LogP contribution in [0.25, 0.3) is 0 Å². The average molecular weight is 333 g/mol. The lowest BCUT2D eigenvalue weighted by Crippen LogP contribution is -2.32. The Balaban J connectivity index is 2.99. The summed E-state index contributed by atoms with van der Waals surface area (Å²) in [4.78, 5) is 0.125. The van der Waals surface area contributed by atoms with Crippen LogP contribution in [0.2, 0.25) is 0 Å². The molecule has 1 atom stereocenters. The number of hydrogen-bond donors (Lipinski definition) is 1. The lowest BCUT2D eigenvalue weighted by atomic mass is 10.3. The van der Waals surface area contributed by atoms with Crippen LogP contribution in [0.5, 0.6) is 5.75 Å². The second-order valence-electron chi connectivity index (χ2n) is 3.68. The number of nitrogens with one attached hydrogen (secondary N) is 1. The highest BCUT2D eigenvalue weighted by molar-refractivity contribution is 9.10. The van der Waals surface area contributed by atoms with E-state index >= 15 is 0 Å². The van der Waals surface area contributed by atoms with Crippen LogP contribution in [0.4, 0.5) is 0 Å². The Kier molecular flexibility index (Phi) is 5.14. The van der Waals surface area contributed by atoms with Crippen molar-refractivity contribution in [1.82, 2.24) is 4.72 Å². The third-order valence-corrected chi connectivity index (χ3v) is 4.39. The Labute approximate surface area is 115 Å². The maximum atomic E-state index is 12.0. The standard InChI is InChI=1S/C11H13BrN2O3S/c1-8(5-6-13)14-18(15,16)9-3-4-11(17-2)10(12)7-9/h3-4,7-8,14H,5H2,1-2H3. The van der Waals surface area contributed by atoms with E-state index in [0.29, 0.717) is 10.2 Å². The Bertz CT molecular complexity index is 566. The molecule has 0 saturated heterocycles. The van der Waals surface area contributed by atoms with Crippen LogP contribution >= 0.6 is 15.9 Å². The van der Waals surface area contributed by atoms with Crippen LogP contribution in [0, 0.1) is 11.3 Å². The normalized spacial score (nSPS) is 12.8. The van der Waals surface area contributed by atoms with Crippen molar-refractivity contribution in [3.8, 4) is 11.8 Å². The van der Waals surface area contributed by atoms with Crippen LogP contribution in [0.1, 0.15) is 13.3 Å². The number of methoxy groups -OCH3 is 1. The average Bonchev–Trinajstić information content (AvgIpc) is 2.28. The third kappa shape index (κ3) is 3.70. The van der Waals surface area contributed by atoms with E-state index in [4.69, 9.17) is 10.00 Å². The number of benzene rings is 1. The van der Waals surface area contributed by atoms with E-state index in [2.05, 4.69) is 20.7 Å². The number of nitrogens with zero attached hydrogens (tertiary/aromatic N) is 1. The smallest absolute Gasteiger partial charge is 0.240 e. The maximum absolute atomic E-state index is 12.0. The summed E-state index contributed by atoms with van der Waals surface area (Å²) in [5, 5.41) is 8.51. The number of nitriles is 1. The van der Waals surface area contributed by atoms with Gasteiger partial charge >= 0.3 is 0 Å². The Hall–Kier alpha value is -1.10. The van der Waals surface area contributed by atoms with Gasteiger partial charge in [0.1, 0.15) is 5.75 Å². The molecule has 1 rings (SSSR count). The molecule has 1 aromatic carbocycles. The highest BCUT2D eigenvalue weighted by Crippen LogP contribution is 2.27. The molecule has 0 amide bonds. The zero-order chi connectivity index (χ0) is 13.8. The van der Waals surface area contributed by atoms with Gasteiger partial charge in [0.25, 0.3) is 0 Å². The molecule has 0 aliphatic carbocycles. The first-order chi connectivity index (χ1) is 8.40. The number of halogens is 1. The fourth-order valence-corrected chi connectivity index (χ4v) is 3.29. The van der Waals surface area contributed by atoms with Crippen molar-refractivity contribution in [2.75, 3.05) is 7.11 Å². The van der Waals surface area contributed by atoms with Gasteiger partial charge < -0.3 is 4.74 Å². The van der Waals surface area contributed by atoms with Crippen LogP contribution in [0.15, 0.2) is 27.6 Å². The Morgan fingerprint density at radius 2 is 2.22 bits per heavy atom. The minimum absolute atomic E-state index is 0.122. The summed E-state index contributed by atoms with van der Waals surface area (Å²) in [5.41, 5.74) is 0. The minimum Gasteiger partial charge on any atom is -0.496 e. The van der Waals surface area contributed by atoms with Crippen LogP contribution < -0.4 is 9.46 Å². The van der Waals surface area contributed by atoms with Gasteiger partial charge in [-0.2, -0.15) is 5.26 Å². The summed E-state index contributed by atoms with van der Waals surface area (Å²) in [6.45, 7) is 1.64. The molecule has 0 spiro atoms. The molecule has 0 aliphatic heterocycles. The van der Waals surface area contributed by atoms with Gasteiger partial charge in [0, 0.05) is 6.04 Å². The Morgan fingerprint density at radius 1 is 1.56 bits per heavy atom. The topological polar surface area (TPSA) is 79.2 Å². The summed E-state index contributed by atoms with van der Waals surface area (Å²) in [6, 6.07) is 5.96. The molecule has 0 heterocycles. The summed E-state index contributed by atoms with van der Waals surface area (Å²) in [7, 11) is -2.11. The van der Waals surface area contributed by atoms with E-state index in [0.717, 1.165) is 0 Å².